The molecule has 0 aliphatic carbocycles. The average Bonchev–Trinajstić information content (AvgIpc) is 2.13. The summed E-state index contributed by atoms with van der Waals surface area (Å²) in [4.78, 5) is 4.00. The normalized spacial score (nSPS) is 8.33. The topological polar surface area (TPSA) is 22.1 Å². The summed E-state index contributed by atoms with van der Waals surface area (Å²) in [7, 11) is 7.06. The highest BCUT2D eigenvalue weighted by atomic mass is 16.5. The van der Waals surface area contributed by atoms with Crippen molar-refractivity contribution in [2.24, 2.45) is 0 Å². The zero-order chi connectivity index (χ0) is 9.56. The minimum atomic E-state index is 0.627. The maximum Gasteiger partial charge on any atom is 0.139 e. The second-order valence-corrected chi connectivity index (χ2v) is 2.06. The van der Waals surface area contributed by atoms with E-state index in [1.165, 1.54) is 0 Å². The van der Waals surface area contributed by atoms with Gasteiger partial charge >= 0.3 is 0 Å². The fourth-order valence-corrected chi connectivity index (χ4v) is 0.735. The van der Waals surface area contributed by atoms with Gasteiger partial charge in [0.15, 0.2) is 0 Å². The molecule has 0 fully saturated rings. The van der Waals surface area contributed by atoms with Crippen LogP contribution in [0, 0.1) is 6.92 Å². The first-order valence-electron chi connectivity index (χ1n) is 4.00. The molecule has 0 unspecified atom stereocenters. The summed E-state index contributed by atoms with van der Waals surface area (Å²) in [6, 6.07) is 1.75. The fraction of sp³-hybridized carbons (Fsp3) is 0.444. The van der Waals surface area contributed by atoms with Gasteiger partial charge in [-0.15, -0.1) is 0 Å². The van der Waals surface area contributed by atoms with Crippen molar-refractivity contribution in [2.45, 2.75) is 20.8 Å². The number of methoxy groups -OCH3 is 1. The van der Waals surface area contributed by atoms with E-state index in [9.17, 15) is 0 Å². The zero-order valence-electron chi connectivity index (χ0n) is 8.09. The Balaban J connectivity index is 0.000000561. The molecule has 2 nitrogen and oxygen atoms in total. The lowest BCUT2D eigenvalue weighted by Gasteiger charge is -2.02. The van der Waals surface area contributed by atoms with Crippen molar-refractivity contribution in [3.63, 3.8) is 0 Å². The average molecular weight is 163 g/mol. The Kier molecular flexibility index (Phi) is 5.18. The predicted octanol–water partition coefficient (Wildman–Crippen LogP) is 1.22. The third-order valence-corrected chi connectivity index (χ3v) is 1.28. The molecule has 1 rings (SSSR count). The lowest BCUT2D eigenvalue weighted by molar-refractivity contribution is 0.409. The highest BCUT2D eigenvalue weighted by Gasteiger charge is 1.96. The molecule has 3 heteroatoms. The van der Waals surface area contributed by atoms with Crippen LogP contribution in [0.5, 0.6) is 5.75 Å². The number of rotatable bonds is 1. The second-order valence-electron chi connectivity index (χ2n) is 2.06. The summed E-state index contributed by atoms with van der Waals surface area (Å²) < 4.78 is 4.98. The van der Waals surface area contributed by atoms with Gasteiger partial charge in [0, 0.05) is 6.20 Å². The van der Waals surface area contributed by atoms with Crippen LogP contribution in [0.2, 0.25) is 0 Å². The molecule has 64 valence electrons. The van der Waals surface area contributed by atoms with Gasteiger partial charge in [-0.3, -0.25) is 4.98 Å². The van der Waals surface area contributed by atoms with Crippen LogP contribution in [0.1, 0.15) is 19.5 Å². The van der Waals surface area contributed by atoms with Gasteiger partial charge in [-0.2, -0.15) is 0 Å². The van der Waals surface area contributed by atoms with E-state index in [-0.39, 0.29) is 0 Å². The largest absolute Gasteiger partial charge is 0.495 e. The van der Waals surface area contributed by atoms with Crippen LogP contribution in [0.4, 0.5) is 0 Å². The van der Waals surface area contributed by atoms with E-state index in [4.69, 9.17) is 12.6 Å². The van der Waals surface area contributed by atoms with Gasteiger partial charge in [0.2, 0.25) is 0 Å². The van der Waals surface area contributed by atoms with Crippen molar-refractivity contribution in [3.05, 3.63) is 18.0 Å². The Bertz CT molecular complexity index is 238. The molecule has 0 aromatic carbocycles. The van der Waals surface area contributed by atoms with Gasteiger partial charge in [0.25, 0.3) is 0 Å². The van der Waals surface area contributed by atoms with E-state index in [2.05, 4.69) is 4.98 Å². The van der Waals surface area contributed by atoms with Crippen molar-refractivity contribution in [1.29, 1.82) is 0 Å². The molecule has 2 radical (unpaired) electrons. The Labute approximate surface area is 75.4 Å². The van der Waals surface area contributed by atoms with Crippen LogP contribution in [0.15, 0.2) is 12.3 Å². The van der Waals surface area contributed by atoms with Crippen molar-refractivity contribution in [2.75, 3.05) is 7.11 Å². The van der Waals surface area contributed by atoms with Crippen LogP contribution in [0.25, 0.3) is 0 Å². The minimum absolute atomic E-state index is 0.627. The van der Waals surface area contributed by atoms with Crippen molar-refractivity contribution in [3.8, 4) is 5.75 Å². The van der Waals surface area contributed by atoms with Crippen LogP contribution < -0.4 is 10.2 Å². The number of aromatic nitrogens is 1. The van der Waals surface area contributed by atoms with Crippen molar-refractivity contribution in [1.82, 2.24) is 4.98 Å². The van der Waals surface area contributed by atoms with E-state index >= 15 is 0 Å². The molecule has 1 aromatic heterocycles. The molecule has 0 spiro atoms. The lowest BCUT2D eigenvalue weighted by atomic mass is 9.98. The summed E-state index contributed by atoms with van der Waals surface area (Å²) in [5, 5.41) is 0. The maximum absolute atomic E-state index is 5.46. The standard InChI is InChI=1S/C7H8BNO.C2H6/c1-5-7(10-2)3-6(8)4-9-5;1-2/h3-4H,1-2H3;1-2H3. The van der Waals surface area contributed by atoms with E-state index < -0.39 is 0 Å². The zero-order valence-corrected chi connectivity index (χ0v) is 8.09. The monoisotopic (exact) mass is 163 g/mol. The summed E-state index contributed by atoms with van der Waals surface area (Å²) >= 11 is 0. The molecule has 12 heavy (non-hydrogen) atoms. The van der Waals surface area contributed by atoms with Gasteiger partial charge in [-0.25, -0.2) is 0 Å². The minimum Gasteiger partial charge on any atom is -0.495 e. The third-order valence-electron chi connectivity index (χ3n) is 1.28. The van der Waals surface area contributed by atoms with Gasteiger partial charge in [0.05, 0.1) is 12.8 Å². The van der Waals surface area contributed by atoms with E-state index in [1.54, 1.807) is 19.4 Å². The predicted molar refractivity (Wildman–Crippen MR) is 52.3 cm³/mol. The van der Waals surface area contributed by atoms with E-state index in [0.29, 0.717) is 5.46 Å². The summed E-state index contributed by atoms with van der Waals surface area (Å²) in [5.74, 6) is 0.736. The number of aryl methyl sites for hydroxylation is 1. The number of pyridine rings is 1. The Hall–Kier alpha value is -0.985. The number of hydrogen-bond donors (Lipinski definition) is 0. The van der Waals surface area contributed by atoms with Crippen LogP contribution in [-0.2, 0) is 0 Å². The number of nitrogens with zero attached hydrogens (tertiary/aromatic N) is 1. The van der Waals surface area contributed by atoms with Gasteiger partial charge in [-0.05, 0) is 13.0 Å². The third kappa shape index (κ3) is 2.95. The number of hydrogen-bond acceptors (Lipinski definition) is 2. The van der Waals surface area contributed by atoms with Gasteiger partial charge in [-0.1, -0.05) is 19.3 Å². The fourth-order valence-electron chi connectivity index (χ4n) is 0.735. The molecule has 0 aliphatic heterocycles. The van der Waals surface area contributed by atoms with Gasteiger partial charge in [0.1, 0.15) is 13.6 Å². The smallest absolute Gasteiger partial charge is 0.139 e. The molecule has 0 atom stereocenters. The van der Waals surface area contributed by atoms with Crippen molar-refractivity contribution >= 4 is 13.3 Å². The highest BCUT2D eigenvalue weighted by Crippen LogP contribution is 2.10. The summed E-state index contributed by atoms with van der Waals surface area (Å²) in [6.45, 7) is 5.87. The molecule has 0 aliphatic rings. The van der Waals surface area contributed by atoms with E-state index in [1.807, 2.05) is 20.8 Å². The Morgan fingerprint density at radius 2 is 2.00 bits per heavy atom. The second kappa shape index (κ2) is 5.64. The Morgan fingerprint density at radius 1 is 1.42 bits per heavy atom. The summed E-state index contributed by atoms with van der Waals surface area (Å²) in [5.41, 5.74) is 1.49. The Morgan fingerprint density at radius 3 is 2.42 bits per heavy atom. The molecule has 0 saturated heterocycles. The molecular weight excluding hydrogens is 149 g/mol. The summed E-state index contributed by atoms with van der Waals surface area (Å²) in [6.07, 6.45) is 1.61. The highest BCUT2D eigenvalue weighted by molar-refractivity contribution is 6.32. The molecule has 0 amide bonds. The van der Waals surface area contributed by atoms with Crippen LogP contribution in [0.3, 0.4) is 0 Å². The molecule has 0 bridgehead atoms. The molecule has 0 saturated carbocycles. The molecule has 1 aromatic rings. The molecule has 0 N–H and O–H groups in total. The molecule has 1 heterocycles. The van der Waals surface area contributed by atoms with Crippen molar-refractivity contribution < 1.29 is 4.74 Å². The first kappa shape index (κ1) is 11.0. The lowest BCUT2D eigenvalue weighted by Crippen LogP contribution is -2.05. The van der Waals surface area contributed by atoms with Crippen LogP contribution >= 0.6 is 0 Å². The van der Waals surface area contributed by atoms with Crippen LogP contribution in [-0.4, -0.2) is 19.9 Å². The van der Waals surface area contributed by atoms with Gasteiger partial charge < -0.3 is 4.74 Å². The number of ether oxygens (including phenoxy) is 1. The first-order chi connectivity index (χ1) is 5.74. The SMILES string of the molecule is CC.[B]c1cnc(C)c(OC)c1. The molecular formula is C9H14BNO. The van der Waals surface area contributed by atoms with E-state index in [0.717, 1.165) is 11.4 Å². The maximum atomic E-state index is 5.46. The quantitative estimate of drug-likeness (QED) is 0.580. The first-order valence-corrected chi connectivity index (χ1v) is 4.00.